The number of nitrogens with two attached hydrogens (primary N) is 1. The van der Waals surface area contributed by atoms with E-state index >= 15 is 0 Å². The first kappa shape index (κ1) is 11.5. The molecule has 3 nitrogen and oxygen atoms in total. The summed E-state index contributed by atoms with van der Waals surface area (Å²) in [4.78, 5) is 0. The molecule has 2 atom stereocenters. The third kappa shape index (κ3) is 2.38. The molecule has 4 heteroatoms. The van der Waals surface area contributed by atoms with E-state index in [-0.39, 0.29) is 11.8 Å². The van der Waals surface area contributed by atoms with Crippen LogP contribution in [0.5, 0.6) is 0 Å². The molecule has 1 aliphatic rings. The van der Waals surface area contributed by atoms with Crippen molar-refractivity contribution in [2.24, 2.45) is 5.92 Å². The van der Waals surface area contributed by atoms with E-state index in [1.54, 1.807) is 0 Å². The molecule has 2 rings (SSSR count). The van der Waals surface area contributed by atoms with Crippen molar-refractivity contribution >= 4 is 15.5 Å². The molecular weight excluding hydrogens is 222 g/mol. The van der Waals surface area contributed by atoms with Gasteiger partial charge in [0, 0.05) is 5.69 Å². The Morgan fingerprint density at radius 3 is 2.44 bits per heavy atom. The van der Waals surface area contributed by atoms with Crippen LogP contribution < -0.4 is 5.73 Å². The summed E-state index contributed by atoms with van der Waals surface area (Å²) in [6.07, 6.45) is 0.786. The number of anilines is 1. The molecule has 0 aliphatic carbocycles. The second kappa shape index (κ2) is 4.09. The second-order valence-electron chi connectivity index (χ2n) is 4.62. The fraction of sp³-hybridized carbons (Fsp3) is 0.500. The topological polar surface area (TPSA) is 60.2 Å². The zero-order chi connectivity index (χ0) is 11.8. The first-order valence-electron chi connectivity index (χ1n) is 5.54. The van der Waals surface area contributed by atoms with Gasteiger partial charge in [-0.25, -0.2) is 8.42 Å². The Labute approximate surface area is 96.6 Å². The third-order valence-electron chi connectivity index (χ3n) is 3.44. The molecule has 1 heterocycles. The fourth-order valence-electron chi connectivity index (χ4n) is 2.29. The molecule has 0 amide bonds. The molecule has 1 fully saturated rings. The van der Waals surface area contributed by atoms with Crippen molar-refractivity contribution in [2.45, 2.75) is 19.3 Å². The van der Waals surface area contributed by atoms with Crippen molar-refractivity contribution in [2.75, 3.05) is 17.2 Å². The van der Waals surface area contributed by atoms with Crippen LogP contribution in [0, 0.1) is 5.92 Å². The molecule has 1 aliphatic heterocycles. The molecule has 0 radical (unpaired) electrons. The van der Waals surface area contributed by atoms with Gasteiger partial charge in [-0.15, -0.1) is 0 Å². The van der Waals surface area contributed by atoms with Crippen LogP contribution in [0.3, 0.4) is 0 Å². The van der Waals surface area contributed by atoms with Gasteiger partial charge in [0.1, 0.15) is 0 Å². The van der Waals surface area contributed by atoms with Gasteiger partial charge < -0.3 is 5.73 Å². The average molecular weight is 239 g/mol. The molecule has 0 saturated carbocycles. The van der Waals surface area contributed by atoms with Crippen LogP contribution in [0.25, 0.3) is 0 Å². The van der Waals surface area contributed by atoms with E-state index in [2.05, 4.69) is 6.92 Å². The van der Waals surface area contributed by atoms with Gasteiger partial charge in [-0.05, 0) is 36.0 Å². The maximum absolute atomic E-state index is 11.4. The minimum Gasteiger partial charge on any atom is -0.399 e. The van der Waals surface area contributed by atoms with Crippen LogP contribution in [0.2, 0.25) is 0 Å². The molecule has 1 saturated heterocycles. The lowest BCUT2D eigenvalue weighted by Crippen LogP contribution is -2.12. The van der Waals surface area contributed by atoms with Crippen LogP contribution >= 0.6 is 0 Å². The van der Waals surface area contributed by atoms with Gasteiger partial charge in [0.15, 0.2) is 9.84 Å². The Morgan fingerprint density at radius 1 is 1.31 bits per heavy atom. The van der Waals surface area contributed by atoms with Crippen LogP contribution in [-0.2, 0) is 9.84 Å². The lowest BCUT2D eigenvalue weighted by molar-refractivity contribution is 0.497. The summed E-state index contributed by atoms with van der Waals surface area (Å²) in [5, 5.41) is 0. The summed E-state index contributed by atoms with van der Waals surface area (Å²) in [7, 11) is -2.78. The molecule has 88 valence electrons. The summed E-state index contributed by atoms with van der Waals surface area (Å²) in [5.41, 5.74) is 7.55. The van der Waals surface area contributed by atoms with Crippen LogP contribution in [0.15, 0.2) is 24.3 Å². The van der Waals surface area contributed by atoms with Crippen LogP contribution in [-0.4, -0.2) is 19.9 Å². The van der Waals surface area contributed by atoms with E-state index in [9.17, 15) is 8.42 Å². The van der Waals surface area contributed by atoms with Gasteiger partial charge in [-0.1, -0.05) is 19.1 Å². The third-order valence-corrected chi connectivity index (χ3v) is 5.23. The number of hydrogen-bond acceptors (Lipinski definition) is 3. The highest BCUT2D eigenvalue weighted by Crippen LogP contribution is 2.32. The summed E-state index contributed by atoms with van der Waals surface area (Å²) in [6.45, 7) is 2.09. The van der Waals surface area contributed by atoms with E-state index in [0.717, 1.165) is 12.1 Å². The summed E-state index contributed by atoms with van der Waals surface area (Å²) < 4.78 is 22.8. The van der Waals surface area contributed by atoms with Crippen molar-refractivity contribution in [3.63, 3.8) is 0 Å². The largest absolute Gasteiger partial charge is 0.399 e. The molecule has 1 aromatic rings. The quantitative estimate of drug-likeness (QED) is 0.801. The molecule has 2 N–H and O–H groups in total. The Hall–Kier alpha value is -1.03. The minimum atomic E-state index is -2.78. The van der Waals surface area contributed by atoms with Gasteiger partial charge in [-0.3, -0.25) is 0 Å². The Balaban J connectivity index is 2.14. The lowest BCUT2D eigenvalue weighted by atomic mass is 9.87. The van der Waals surface area contributed by atoms with Gasteiger partial charge in [0.05, 0.1) is 11.5 Å². The predicted molar refractivity (Wildman–Crippen MR) is 66.0 cm³/mol. The smallest absolute Gasteiger partial charge is 0.150 e. The number of benzene rings is 1. The molecule has 0 aromatic heterocycles. The standard InChI is InChI=1S/C12H17NO2S/c1-9(10-2-4-12(13)5-3-10)11-6-7-16(14,15)8-11/h2-5,9,11H,6-8,13H2,1H3. The minimum absolute atomic E-state index is 0.258. The molecule has 2 unspecified atom stereocenters. The van der Waals surface area contributed by atoms with E-state index in [1.165, 1.54) is 5.56 Å². The van der Waals surface area contributed by atoms with E-state index < -0.39 is 9.84 Å². The number of rotatable bonds is 2. The normalized spacial score (nSPS) is 25.4. The molecule has 0 bridgehead atoms. The average Bonchev–Trinajstić information content (AvgIpc) is 2.59. The second-order valence-corrected chi connectivity index (χ2v) is 6.85. The van der Waals surface area contributed by atoms with E-state index in [4.69, 9.17) is 5.73 Å². The Morgan fingerprint density at radius 2 is 1.94 bits per heavy atom. The lowest BCUT2D eigenvalue weighted by Gasteiger charge is -2.18. The van der Waals surface area contributed by atoms with E-state index in [0.29, 0.717) is 11.5 Å². The summed E-state index contributed by atoms with van der Waals surface area (Å²) in [6, 6.07) is 7.72. The Kier molecular flexibility index (Phi) is 2.93. The van der Waals surface area contributed by atoms with Crippen LogP contribution in [0.1, 0.15) is 24.8 Å². The highest BCUT2D eigenvalue weighted by molar-refractivity contribution is 7.91. The summed E-state index contributed by atoms with van der Waals surface area (Å²) >= 11 is 0. The number of hydrogen-bond donors (Lipinski definition) is 1. The maximum Gasteiger partial charge on any atom is 0.150 e. The molecule has 0 spiro atoms. The van der Waals surface area contributed by atoms with Gasteiger partial charge in [0.25, 0.3) is 0 Å². The first-order valence-corrected chi connectivity index (χ1v) is 7.36. The van der Waals surface area contributed by atoms with Crippen molar-refractivity contribution < 1.29 is 8.42 Å². The summed E-state index contributed by atoms with van der Waals surface area (Å²) in [5.74, 6) is 1.22. The first-order chi connectivity index (χ1) is 7.48. The highest BCUT2D eigenvalue weighted by atomic mass is 32.2. The molecule has 16 heavy (non-hydrogen) atoms. The Bertz CT molecular complexity index is 464. The van der Waals surface area contributed by atoms with E-state index in [1.807, 2.05) is 24.3 Å². The zero-order valence-electron chi connectivity index (χ0n) is 9.39. The van der Waals surface area contributed by atoms with Gasteiger partial charge >= 0.3 is 0 Å². The number of sulfone groups is 1. The molecule has 1 aromatic carbocycles. The number of nitrogen functional groups attached to an aromatic ring is 1. The predicted octanol–water partition coefficient (Wildman–Crippen LogP) is 1.81. The fourth-order valence-corrected chi connectivity index (χ4v) is 4.23. The van der Waals surface area contributed by atoms with Gasteiger partial charge in [-0.2, -0.15) is 0 Å². The van der Waals surface area contributed by atoms with Gasteiger partial charge in [0.2, 0.25) is 0 Å². The van der Waals surface area contributed by atoms with Crippen molar-refractivity contribution in [3.05, 3.63) is 29.8 Å². The zero-order valence-corrected chi connectivity index (χ0v) is 10.2. The maximum atomic E-state index is 11.4. The van der Waals surface area contributed by atoms with Crippen molar-refractivity contribution in [3.8, 4) is 0 Å². The SMILES string of the molecule is CC(c1ccc(N)cc1)C1CCS(=O)(=O)C1. The van der Waals surface area contributed by atoms with Crippen molar-refractivity contribution in [1.29, 1.82) is 0 Å². The van der Waals surface area contributed by atoms with Crippen molar-refractivity contribution in [1.82, 2.24) is 0 Å². The monoisotopic (exact) mass is 239 g/mol. The highest BCUT2D eigenvalue weighted by Gasteiger charge is 2.32. The van der Waals surface area contributed by atoms with Crippen LogP contribution in [0.4, 0.5) is 5.69 Å². The molecular formula is C12H17NO2S.